The summed E-state index contributed by atoms with van der Waals surface area (Å²) in [6.07, 6.45) is 0. The van der Waals surface area contributed by atoms with Crippen LogP contribution in [-0.4, -0.2) is 24.8 Å². The summed E-state index contributed by atoms with van der Waals surface area (Å²) in [4.78, 5) is 12.2. The Hall–Kier alpha value is -2.75. The minimum absolute atomic E-state index is 0.326. The van der Waals surface area contributed by atoms with Gasteiger partial charge in [0.2, 0.25) is 0 Å². The third-order valence-corrected chi connectivity index (χ3v) is 4.10. The number of aromatic nitrogens is 1. The molecule has 0 radical (unpaired) electrons. The highest BCUT2D eigenvalue weighted by molar-refractivity contribution is 6.06. The fraction of sp³-hybridized carbons (Fsp3) is 0.211. The van der Waals surface area contributed by atoms with E-state index in [1.54, 1.807) is 7.11 Å². The van der Waals surface area contributed by atoms with Gasteiger partial charge in [-0.05, 0) is 30.7 Å². The molecule has 23 heavy (non-hydrogen) atoms. The van der Waals surface area contributed by atoms with Crippen LogP contribution in [0.25, 0.3) is 10.9 Å². The van der Waals surface area contributed by atoms with E-state index >= 15 is 0 Å². The van der Waals surface area contributed by atoms with Gasteiger partial charge in [0, 0.05) is 23.1 Å². The average molecular weight is 309 g/mol. The van der Waals surface area contributed by atoms with Crippen molar-refractivity contribution in [2.45, 2.75) is 13.5 Å². The Labute approximate surface area is 135 Å². The minimum atomic E-state index is -0.326. The van der Waals surface area contributed by atoms with E-state index in [0.717, 1.165) is 22.3 Å². The molecule has 1 heterocycles. The van der Waals surface area contributed by atoms with Crippen LogP contribution in [0.15, 0.2) is 48.5 Å². The van der Waals surface area contributed by atoms with E-state index in [0.29, 0.717) is 12.1 Å². The Kier molecular flexibility index (Phi) is 4.06. The Balaban J connectivity index is 2.21. The molecule has 0 N–H and O–H groups in total. The molecule has 0 unspecified atom stereocenters. The van der Waals surface area contributed by atoms with E-state index in [9.17, 15) is 4.79 Å². The van der Waals surface area contributed by atoms with Crippen LogP contribution < -0.4 is 4.74 Å². The van der Waals surface area contributed by atoms with Gasteiger partial charge >= 0.3 is 5.97 Å². The highest BCUT2D eigenvalue weighted by atomic mass is 16.5. The zero-order chi connectivity index (χ0) is 16.4. The van der Waals surface area contributed by atoms with Gasteiger partial charge in [-0.1, -0.05) is 30.3 Å². The maximum Gasteiger partial charge on any atom is 0.340 e. The number of benzene rings is 2. The first-order chi connectivity index (χ1) is 11.2. The molecule has 0 aliphatic carbocycles. The van der Waals surface area contributed by atoms with Crippen LogP contribution >= 0.6 is 0 Å². The standard InChI is InChI=1S/C19H19NO3/c1-13-18(19(21)23-3)16-11-15(22-2)9-10-17(16)20(13)12-14-7-5-4-6-8-14/h4-11H,12H2,1-3H3. The molecule has 0 aliphatic heterocycles. The molecule has 0 bridgehead atoms. The molecule has 0 saturated heterocycles. The summed E-state index contributed by atoms with van der Waals surface area (Å²) < 4.78 is 12.4. The van der Waals surface area contributed by atoms with Crippen molar-refractivity contribution in [3.05, 3.63) is 65.4 Å². The lowest BCUT2D eigenvalue weighted by atomic mass is 10.1. The van der Waals surface area contributed by atoms with Crippen molar-refractivity contribution in [3.63, 3.8) is 0 Å². The molecular weight excluding hydrogens is 290 g/mol. The van der Waals surface area contributed by atoms with Crippen LogP contribution in [0.5, 0.6) is 5.75 Å². The maximum atomic E-state index is 12.2. The molecule has 0 aliphatic rings. The van der Waals surface area contributed by atoms with E-state index in [1.807, 2.05) is 43.3 Å². The summed E-state index contributed by atoms with van der Waals surface area (Å²) in [7, 11) is 3.02. The smallest absolute Gasteiger partial charge is 0.340 e. The lowest BCUT2D eigenvalue weighted by molar-refractivity contribution is 0.0602. The molecule has 3 rings (SSSR count). The average Bonchev–Trinajstić information content (AvgIpc) is 2.86. The Bertz CT molecular complexity index is 850. The highest BCUT2D eigenvalue weighted by Gasteiger charge is 2.21. The molecule has 0 atom stereocenters. The van der Waals surface area contributed by atoms with Crippen molar-refractivity contribution in [2.24, 2.45) is 0 Å². The summed E-state index contributed by atoms with van der Waals surface area (Å²) in [6, 6.07) is 16.0. The van der Waals surface area contributed by atoms with Crippen molar-refractivity contribution < 1.29 is 14.3 Å². The zero-order valence-electron chi connectivity index (χ0n) is 13.5. The second-order valence-corrected chi connectivity index (χ2v) is 5.41. The molecule has 0 fully saturated rings. The minimum Gasteiger partial charge on any atom is -0.497 e. The summed E-state index contributed by atoms with van der Waals surface area (Å²) in [5.74, 6) is 0.395. The predicted molar refractivity (Wildman–Crippen MR) is 90.1 cm³/mol. The third-order valence-electron chi connectivity index (χ3n) is 4.10. The lowest BCUT2D eigenvalue weighted by Gasteiger charge is -2.09. The van der Waals surface area contributed by atoms with Crippen molar-refractivity contribution in [2.75, 3.05) is 14.2 Å². The van der Waals surface area contributed by atoms with Crippen molar-refractivity contribution in [1.29, 1.82) is 0 Å². The summed E-state index contributed by atoms with van der Waals surface area (Å²) in [5, 5.41) is 0.852. The molecule has 0 amide bonds. The van der Waals surface area contributed by atoms with Gasteiger partial charge < -0.3 is 14.0 Å². The quantitative estimate of drug-likeness (QED) is 0.688. The largest absolute Gasteiger partial charge is 0.497 e. The zero-order valence-corrected chi connectivity index (χ0v) is 13.5. The number of rotatable bonds is 4. The monoisotopic (exact) mass is 309 g/mol. The van der Waals surface area contributed by atoms with Gasteiger partial charge in [-0.3, -0.25) is 0 Å². The summed E-state index contributed by atoms with van der Waals surface area (Å²) in [5.41, 5.74) is 3.66. The van der Waals surface area contributed by atoms with Crippen LogP contribution in [0.3, 0.4) is 0 Å². The molecular formula is C19H19NO3. The molecule has 0 spiro atoms. The SMILES string of the molecule is COC(=O)c1c(C)n(Cc2ccccc2)c2ccc(OC)cc12. The second-order valence-electron chi connectivity index (χ2n) is 5.41. The number of esters is 1. The van der Waals surface area contributed by atoms with Crippen LogP contribution in [0.2, 0.25) is 0 Å². The lowest BCUT2D eigenvalue weighted by Crippen LogP contribution is -2.06. The van der Waals surface area contributed by atoms with Crippen molar-refractivity contribution in [1.82, 2.24) is 4.57 Å². The van der Waals surface area contributed by atoms with E-state index < -0.39 is 0 Å². The Morgan fingerprint density at radius 1 is 1.09 bits per heavy atom. The molecule has 2 aromatic carbocycles. The van der Waals surface area contributed by atoms with Crippen molar-refractivity contribution in [3.8, 4) is 5.75 Å². The van der Waals surface area contributed by atoms with Crippen molar-refractivity contribution >= 4 is 16.9 Å². The molecule has 118 valence electrons. The topological polar surface area (TPSA) is 40.5 Å². The van der Waals surface area contributed by atoms with Crippen LogP contribution in [0, 0.1) is 6.92 Å². The van der Waals surface area contributed by atoms with Crippen LogP contribution in [0.4, 0.5) is 0 Å². The number of carbonyl (C=O) groups excluding carboxylic acids is 1. The van der Waals surface area contributed by atoms with E-state index in [4.69, 9.17) is 9.47 Å². The molecule has 4 heteroatoms. The fourth-order valence-electron chi connectivity index (χ4n) is 2.92. The first-order valence-electron chi connectivity index (χ1n) is 7.44. The second kappa shape index (κ2) is 6.16. The maximum absolute atomic E-state index is 12.2. The van der Waals surface area contributed by atoms with E-state index in [1.165, 1.54) is 12.7 Å². The van der Waals surface area contributed by atoms with Gasteiger partial charge in [0.15, 0.2) is 0 Å². The third kappa shape index (κ3) is 2.68. The number of fused-ring (bicyclic) bond motifs is 1. The summed E-state index contributed by atoms with van der Waals surface area (Å²) >= 11 is 0. The number of methoxy groups -OCH3 is 2. The first-order valence-corrected chi connectivity index (χ1v) is 7.44. The number of hydrogen-bond acceptors (Lipinski definition) is 3. The number of hydrogen-bond donors (Lipinski definition) is 0. The number of ether oxygens (including phenoxy) is 2. The van der Waals surface area contributed by atoms with Gasteiger partial charge in [-0.2, -0.15) is 0 Å². The number of carbonyl (C=O) groups is 1. The first kappa shape index (κ1) is 15.2. The summed E-state index contributed by atoms with van der Waals surface area (Å²) in [6.45, 7) is 2.65. The van der Waals surface area contributed by atoms with Crippen LogP contribution in [0.1, 0.15) is 21.6 Å². The van der Waals surface area contributed by atoms with Gasteiger partial charge in [0.05, 0.1) is 19.8 Å². The molecule has 0 saturated carbocycles. The highest BCUT2D eigenvalue weighted by Crippen LogP contribution is 2.30. The van der Waals surface area contributed by atoms with Gasteiger partial charge in [0.25, 0.3) is 0 Å². The Morgan fingerprint density at radius 2 is 1.83 bits per heavy atom. The fourth-order valence-corrected chi connectivity index (χ4v) is 2.92. The molecule has 3 aromatic rings. The van der Waals surface area contributed by atoms with Crippen LogP contribution in [-0.2, 0) is 11.3 Å². The van der Waals surface area contributed by atoms with Gasteiger partial charge in [-0.15, -0.1) is 0 Å². The predicted octanol–water partition coefficient (Wildman–Crippen LogP) is 3.79. The molecule has 1 aromatic heterocycles. The van der Waals surface area contributed by atoms with E-state index in [2.05, 4.69) is 16.7 Å². The van der Waals surface area contributed by atoms with Gasteiger partial charge in [0.1, 0.15) is 5.75 Å². The normalized spacial score (nSPS) is 10.7. The molecule has 4 nitrogen and oxygen atoms in total. The Morgan fingerprint density at radius 3 is 2.48 bits per heavy atom. The van der Waals surface area contributed by atoms with Gasteiger partial charge in [-0.25, -0.2) is 4.79 Å². The van der Waals surface area contributed by atoms with E-state index in [-0.39, 0.29) is 5.97 Å². The number of nitrogens with zero attached hydrogens (tertiary/aromatic N) is 1.